The minimum atomic E-state index is 0.0873. The summed E-state index contributed by atoms with van der Waals surface area (Å²) in [5.74, 6) is 0.191. The van der Waals surface area contributed by atoms with E-state index in [1.165, 1.54) is 10.9 Å². The number of nitrogens with one attached hydrogen (secondary N) is 1. The van der Waals surface area contributed by atoms with Crippen molar-refractivity contribution in [1.82, 2.24) is 14.8 Å². The summed E-state index contributed by atoms with van der Waals surface area (Å²) in [4.78, 5) is 31.7. The van der Waals surface area contributed by atoms with Crippen LogP contribution in [0.3, 0.4) is 0 Å². The smallest absolute Gasteiger partial charge is 0.242 e. The Labute approximate surface area is 149 Å². The number of aryl methyl sites for hydroxylation is 1. The largest absolute Gasteiger partial charge is 0.361 e. The first-order valence-corrected chi connectivity index (χ1v) is 9.29. The van der Waals surface area contributed by atoms with Gasteiger partial charge in [-0.1, -0.05) is 25.1 Å². The number of benzene rings is 1. The maximum Gasteiger partial charge on any atom is 0.242 e. The Morgan fingerprint density at radius 3 is 2.92 bits per heavy atom. The third-order valence-electron chi connectivity index (χ3n) is 4.89. The van der Waals surface area contributed by atoms with Crippen LogP contribution in [-0.2, 0) is 16.0 Å². The predicted octanol–water partition coefficient (Wildman–Crippen LogP) is 2.96. The Kier molecular flexibility index (Phi) is 5.74. The van der Waals surface area contributed by atoms with Gasteiger partial charge in [0.2, 0.25) is 11.8 Å². The van der Waals surface area contributed by atoms with Crippen LogP contribution in [0.15, 0.2) is 30.5 Å². The number of amides is 2. The van der Waals surface area contributed by atoms with E-state index in [-0.39, 0.29) is 18.4 Å². The summed E-state index contributed by atoms with van der Waals surface area (Å²) < 4.78 is 0. The molecule has 2 aromatic rings. The second-order valence-corrected chi connectivity index (χ2v) is 6.76. The van der Waals surface area contributed by atoms with Gasteiger partial charge in [0.25, 0.3) is 0 Å². The number of nitrogens with zero attached hydrogens (tertiary/aromatic N) is 2. The van der Waals surface area contributed by atoms with Gasteiger partial charge in [0.05, 0.1) is 6.54 Å². The molecule has 1 N–H and O–H groups in total. The average molecular weight is 341 g/mol. The second kappa shape index (κ2) is 8.19. The minimum Gasteiger partial charge on any atom is -0.361 e. The fourth-order valence-electron chi connectivity index (χ4n) is 3.57. The summed E-state index contributed by atoms with van der Waals surface area (Å²) in [6.07, 6.45) is 6.06. The Hall–Kier alpha value is -2.30. The van der Waals surface area contributed by atoms with Gasteiger partial charge in [0.1, 0.15) is 0 Å². The van der Waals surface area contributed by atoms with E-state index in [1.54, 1.807) is 4.90 Å². The molecule has 0 saturated carbocycles. The van der Waals surface area contributed by atoms with Crippen LogP contribution in [0.25, 0.3) is 10.9 Å². The first-order valence-electron chi connectivity index (χ1n) is 9.29. The molecule has 1 fully saturated rings. The monoisotopic (exact) mass is 341 g/mol. The summed E-state index contributed by atoms with van der Waals surface area (Å²) in [5, 5.41) is 1.23. The molecule has 1 saturated heterocycles. The van der Waals surface area contributed by atoms with Gasteiger partial charge in [-0.15, -0.1) is 0 Å². The van der Waals surface area contributed by atoms with Crippen LogP contribution in [0.4, 0.5) is 0 Å². The van der Waals surface area contributed by atoms with Crippen LogP contribution in [0, 0.1) is 0 Å². The number of H-pyrrole nitrogens is 1. The molecule has 0 aliphatic carbocycles. The number of rotatable bonds is 6. The average Bonchev–Trinajstić information content (AvgIpc) is 2.93. The highest BCUT2D eigenvalue weighted by atomic mass is 16.2. The lowest BCUT2D eigenvalue weighted by Crippen LogP contribution is -2.39. The normalized spacial score (nSPS) is 15.6. The van der Waals surface area contributed by atoms with Gasteiger partial charge in [0, 0.05) is 43.2 Å². The molecule has 25 heavy (non-hydrogen) atoms. The van der Waals surface area contributed by atoms with E-state index in [4.69, 9.17) is 0 Å². The molecule has 2 amide bonds. The summed E-state index contributed by atoms with van der Waals surface area (Å²) in [5.41, 5.74) is 2.39. The standard InChI is InChI=1S/C20H27N3O2/c1-2-11-22-12-6-13-23(15-20(22)25)19(24)10-5-7-16-14-21-18-9-4-3-8-17(16)18/h3-4,8-9,14,21H,2,5-7,10-13,15H2,1H3. The van der Waals surface area contributed by atoms with E-state index in [0.717, 1.165) is 44.3 Å². The summed E-state index contributed by atoms with van der Waals surface area (Å²) >= 11 is 0. The van der Waals surface area contributed by atoms with E-state index in [9.17, 15) is 9.59 Å². The molecule has 3 rings (SSSR count). The summed E-state index contributed by atoms with van der Waals surface area (Å²) in [6, 6.07) is 8.23. The number of fused-ring (bicyclic) bond motifs is 1. The number of carbonyl (C=O) groups is 2. The maximum absolute atomic E-state index is 12.5. The van der Waals surface area contributed by atoms with Gasteiger partial charge in [-0.3, -0.25) is 9.59 Å². The van der Waals surface area contributed by atoms with Crippen LogP contribution in [0.5, 0.6) is 0 Å². The number of aromatic nitrogens is 1. The van der Waals surface area contributed by atoms with Crippen molar-refractivity contribution in [2.75, 3.05) is 26.2 Å². The van der Waals surface area contributed by atoms with E-state index in [2.05, 4.69) is 24.0 Å². The molecule has 1 aliphatic heterocycles. The Balaban J connectivity index is 1.51. The summed E-state index contributed by atoms with van der Waals surface area (Å²) in [7, 11) is 0. The van der Waals surface area contributed by atoms with Crippen LogP contribution < -0.4 is 0 Å². The van der Waals surface area contributed by atoms with E-state index in [0.29, 0.717) is 13.0 Å². The molecule has 5 nitrogen and oxygen atoms in total. The van der Waals surface area contributed by atoms with Gasteiger partial charge in [-0.25, -0.2) is 0 Å². The van der Waals surface area contributed by atoms with Gasteiger partial charge >= 0.3 is 0 Å². The van der Waals surface area contributed by atoms with Crippen molar-refractivity contribution in [3.8, 4) is 0 Å². The van der Waals surface area contributed by atoms with E-state index >= 15 is 0 Å². The fraction of sp³-hybridized carbons (Fsp3) is 0.500. The number of hydrogen-bond donors (Lipinski definition) is 1. The molecule has 2 heterocycles. The van der Waals surface area contributed by atoms with Crippen LogP contribution >= 0.6 is 0 Å². The second-order valence-electron chi connectivity index (χ2n) is 6.76. The minimum absolute atomic E-state index is 0.0873. The lowest BCUT2D eigenvalue weighted by atomic mass is 10.1. The van der Waals surface area contributed by atoms with Crippen molar-refractivity contribution in [2.24, 2.45) is 0 Å². The number of para-hydroxylation sites is 1. The molecular formula is C20H27N3O2. The molecular weight excluding hydrogens is 314 g/mol. The quantitative estimate of drug-likeness (QED) is 0.878. The number of aromatic amines is 1. The van der Waals surface area contributed by atoms with Crippen molar-refractivity contribution >= 4 is 22.7 Å². The van der Waals surface area contributed by atoms with Crippen molar-refractivity contribution in [3.63, 3.8) is 0 Å². The molecule has 0 atom stereocenters. The van der Waals surface area contributed by atoms with Crippen LogP contribution in [0.2, 0.25) is 0 Å². The van der Waals surface area contributed by atoms with Crippen LogP contribution in [0.1, 0.15) is 38.2 Å². The zero-order valence-corrected chi connectivity index (χ0v) is 15.0. The van der Waals surface area contributed by atoms with Crippen molar-refractivity contribution in [2.45, 2.75) is 39.0 Å². The van der Waals surface area contributed by atoms with E-state index < -0.39 is 0 Å². The summed E-state index contributed by atoms with van der Waals surface area (Å²) in [6.45, 7) is 4.57. The molecule has 1 aromatic heterocycles. The number of hydrogen-bond acceptors (Lipinski definition) is 2. The molecule has 1 aliphatic rings. The third kappa shape index (κ3) is 4.21. The van der Waals surface area contributed by atoms with Gasteiger partial charge < -0.3 is 14.8 Å². The Morgan fingerprint density at radius 2 is 2.08 bits per heavy atom. The Morgan fingerprint density at radius 1 is 1.24 bits per heavy atom. The molecule has 5 heteroatoms. The first kappa shape index (κ1) is 17.5. The molecule has 1 aromatic carbocycles. The maximum atomic E-state index is 12.5. The third-order valence-corrected chi connectivity index (χ3v) is 4.89. The van der Waals surface area contributed by atoms with Crippen molar-refractivity contribution in [3.05, 3.63) is 36.0 Å². The molecule has 134 valence electrons. The van der Waals surface area contributed by atoms with Crippen LogP contribution in [-0.4, -0.2) is 52.8 Å². The van der Waals surface area contributed by atoms with Gasteiger partial charge in [-0.2, -0.15) is 0 Å². The molecule has 0 spiro atoms. The fourth-order valence-corrected chi connectivity index (χ4v) is 3.57. The molecule has 0 radical (unpaired) electrons. The molecule has 0 unspecified atom stereocenters. The Bertz CT molecular complexity index is 737. The van der Waals surface area contributed by atoms with E-state index in [1.807, 2.05) is 23.2 Å². The highest BCUT2D eigenvalue weighted by Crippen LogP contribution is 2.19. The number of carbonyl (C=O) groups excluding carboxylic acids is 2. The predicted molar refractivity (Wildman–Crippen MR) is 99.3 cm³/mol. The van der Waals surface area contributed by atoms with Gasteiger partial charge in [0.15, 0.2) is 0 Å². The van der Waals surface area contributed by atoms with Gasteiger partial charge in [-0.05, 0) is 37.3 Å². The molecule has 0 bridgehead atoms. The van der Waals surface area contributed by atoms with Crippen molar-refractivity contribution in [1.29, 1.82) is 0 Å². The first-order chi connectivity index (χ1) is 12.2. The van der Waals surface area contributed by atoms with Crippen molar-refractivity contribution < 1.29 is 9.59 Å². The highest BCUT2D eigenvalue weighted by molar-refractivity contribution is 5.85. The lowest BCUT2D eigenvalue weighted by Gasteiger charge is -2.21. The topological polar surface area (TPSA) is 56.4 Å². The zero-order valence-electron chi connectivity index (χ0n) is 15.0. The SMILES string of the molecule is CCCN1CCCN(C(=O)CCCc2c[nH]c3ccccc23)CC1=O. The lowest BCUT2D eigenvalue weighted by molar-refractivity contribution is -0.138. The highest BCUT2D eigenvalue weighted by Gasteiger charge is 2.23. The zero-order chi connectivity index (χ0) is 17.6.